The quantitative estimate of drug-likeness (QED) is 0.767. The van der Waals surface area contributed by atoms with Crippen LogP contribution in [0.15, 0.2) is 36.7 Å². The Kier molecular flexibility index (Phi) is 6.79. The molecule has 0 saturated heterocycles. The fraction of sp³-hybridized carbons (Fsp3) is 0.250. The molecule has 0 amide bonds. The largest absolute Gasteiger partial charge is 0.244 e. The molecule has 0 spiro atoms. The van der Waals surface area contributed by atoms with Gasteiger partial charge in [-0.15, -0.1) is 0 Å². The first-order chi connectivity index (χ1) is 10.4. The molecule has 0 saturated carbocycles. The predicted molar refractivity (Wildman–Crippen MR) is 86.5 cm³/mol. The maximum absolute atomic E-state index is 8.81. The number of nitrogens with zero attached hydrogens (tertiary/aromatic N) is 4. The third-order valence-electron chi connectivity index (χ3n) is 2.80. The van der Waals surface area contributed by atoms with Crippen molar-refractivity contribution in [1.29, 1.82) is 10.5 Å². The zero-order valence-electron chi connectivity index (χ0n) is 12.2. The Morgan fingerprint density at radius 1 is 1.00 bits per heavy atom. The Balaban J connectivity index is 0.000000224. The van der Waals surface area contributed by atoms with Crippen molar-refractivity contribution in [2.45, 2.75) is 25.7 Å². The first-order valence-corrected chi connectivity index (χ1v) is 7.15. The minimum Gasteiger partial charge on any atom is -0.244 e. The van der Waals surface area contributed by atoms with E-state index in [4.69, 9.17) is 33.7 Å². The number of hydrogen-bond donors (Lipinski definition) is 0. The summed E-state index contributed by atoms with van der Waals surface area (Å²) in [5.74, 6) is 0. The van der Waals surface area contributed by atoms with E-state index in [1.165, 1.54) is 0 Å². The van der Waals surface area contributed by atoms with E-state index in [0.29, 0.717) is 16.7 Å². The van der Waals surface area contributed by atoms with Crippen LogP contribution in [0, 0.1) is 22.7 Å². The summed E-state index contributed by atoms with van der Waals surface area (Å²) in [7, 11) is 0. The molecule has 112 valence electrons. The summed E-state index contributed by atoms with van der Waals surface area (Å²) in [4.78, 5) is 7.72. The van der Waals surface area contributed by atoms with E-state index >= 15 is 0 Å². The lowest BCUT2D eigenvalue weighted by Gasteiger charge is -2.14. The highest BCUT2D eigenvalue weighted by atomic mass is 35.5. The van der Waals surface area contributed by atoms with Crippen LogP contribution in [0.2, 0.25) is 10.3 Å². The Bertz CT molecular complexity index is 680. The lowest BCUT2D eigenvalue weighted by Crippen LogP contribution is -2.13. The SMILES string of the molecule is CC(C)(C#N)c1ccc(Cl)nc1.N#CCc1ccc(Cl)nc1. The van der Waals surface area contributed by atoms with Crippen molar-refractivity contribution in [2.24, 2.45) is 0 Å². The zero-order chi connectivity index (χ0) is 16.6. The van der Waals surface area contributed by atoms with Crippen molar-refractivity contribution in [2.75, 3.05) is 0 Å². The van der Waals surface area contributed by atoms with E-state index in [1.807, 2.05) is 26.0 Å². The van der Waals surface area contributed by atoms with Crippen molar-refractivity contribution >= 4 is 23.2 Å². The Morgan fingerprint density at radius 3 is 2.00 bits per heavy atom. The first kappa shape index (κ1) is 17.9. The fourth-order valence-corrected chi connectivity index (χ4v) is 1.64. The summed E-state index contributed by atoms with van der Waals surface area (Å²) in [5, 5.41) is 18.0. The van der Waals surface area contributed by atoms with Gasteiger partial charge in [0.15, 0.2) is 0 Å². The van der Waals surface area contributed by atoms with Crippen LogP contribution < -0.4 is 0 Å². The highest BCUT2D eigenvalue weighted by molar-refractivity contribution is 6.29. The molecule has 0 radical (unpaired) electrons. The van der Waals surface area contributed by atoms with Crippen molar-refractivity contribution in [3.63, 3.8) is 0 Å². The average Bonchev–Trinajstić information content (AvgIpc) is 2.51. The zero-order valence-corrected chi connectivity index (χ0v) is 13.7. The van der Waals surface area contributed by atoms with Crippen LogP contribution in [0.4, 0.5) is 0 Å². The van der Waals surface area contributed by atoms with Gasteiger partial charge in [0, 0.05) is 12.4 Å². The van der Waals surface area contributed by atoms with Gasteiger partial charge in [-0.2, -0.15) is 10.5 Å². The van der Waals surface area contributed by atoms with E-state index in [-0.39, 0.29) is 0 Å². The summed E-state index contributed by atoms with van der Waals surface area (Å²) in [5.41, 5.74) is 1.29. The summed E-state index contributed by atoms with van der Waals surface area (Å²) in [6.45, 7) is 3.69. The van der Waals surface area contributed by atoms with Gasteiger partial charge < -0.3 is 0 Å². The lowest BCUT2D eigenvalue weighted by atomic mass is 9.88. The molecule has 0 bridgehead atoms. The highest BCUT2D eigenvalue weighted by Crippen LogP contribution is 2.21. The van der Waals surface area contributed by atoms with Gasteiger partial charge >= 0.3 is 0 Å². The summed E-state index contributed by atoms with van der Waals surface area (Å²) >= 11 is 11.1. The monoisotopic (exact) mass is 332 g/mol. The van der Waals surface area contributed by atoms with Gasteiger partial charge in [0.25, 0.3) is 0 Å². The summed E-state index contributed by atoms with van der Waals surface area (Å²) in [6, 6.07) is 11.2. The third kappa shape index (κ3) is 5.69. The maximum Gasteiger partial charge on any atom is 0.129 e. The van der Waals surface area contributed by atoms with Gasteiger partial charge in [-0.3, -0.25) is 0 Å². The molecule has 2 rings (SSSR count). The average molecular weight is 333 g/mol. The van der Waals surface area contributed by atoms with Crippen LogP contribution in [-0.4, -0.2) is 9.97 Å². The molecule has 2 aromatic heterocycles. The van der Waals surface area contributed by atoms with Crippen molar-refractivity contribution in [1.82, 2.24) is 9.97 Å². The molecule has 2 heterocycles. The third-order valence-corrected chi connectivity index (χ3v) is 3.25. The highest BCUT2D eigenvalue weighted by Gasteiger charge is 2.19. The Labute approximate surface area is 140 Å². The second-order valence-corrected chi connectivity index (χ2v) is 5.70. The standard InChI is InChI=1S/C9H9ClN2.C7H5ClN2/c1-9(2,6-11)7-3-4-8(10)12-5-7;8-7-2-1-6(3-4-9)5-10-7/h3-5H,1-2H3;1-2,5H,3H2. The smallest absolute Gasteiger partial charge is 0.129 e. The second kappa shape index (κ2) is 8.34. The molecule has 4 nitrogen and oxygen atoms in total. The van der Waals surface area contributed by atoms with Crippen LogP contribution >= 0.6 is 23.2 Å². The molecule has 0 N–H and O–H groups in total. The number of rotatable bonds is 2. The number of halogens is 2. The number of nitriles is 2. The molecule has 0 aliphatic heterocycles. The van der Waals surface area contributed by atoms with Crippen LogP contribution in [0.5, 0.6) is 0 Å². The minimum atomic E-state index is -0.489. The normalized spacial score (nSPS) is 9.91. The van der Waals surface area contributed by atoms with Crippen molar-refractivity contribution in [3.8, 4) is 12.1 Å². The second-order valence-electron chi connectivity index (χ2n) is 4.93. The van der Waals surface area contributed by atoms with Gasteiger partial charge in [-0.1, -0.05) is 35.3 Å². The molecule has 0 aliphatic rings. The molecule has 0 aromatic carbocycles. The maximum atomic E-state index is 8.81. The molecule has 22 heavy (non-hydrogen) atoms. The molecule has 0 fully saturated rings. The summed E-state index contributed by atoms with van der Waals surface area (Å²) in [6.07, 6.45) is 3.63. The van der Waals surface area contributed by atoms with Gasteiger partial charge in [0.1, 0.15) is 10.3 Å². The van der Waals surface area contributed by atoms with Crippen molar-refractivity contribution < 1.29 is 0 Å². The van der Waals surface area contributed by atoms with E-state index in [9.17, 15) is 0 Å². The van der Waals surface area contributed by atoms with E-state index in [0.717, 1.165) is 11.1 Å². The van der Waals surface area contributed by atoms with Crippen LogP contribution in [0.1, 0.15) is 25.0 Å². The number of aromatic nitrogens is 2. The predicted octanol–water partition coefficient (Wildman–Crippen LogP) is 4.34. The van der Waals surface area contributed by atoms with Gasteiger partial charge in [-0.25, -0.2) is 9.97 Å². The Hall–Kier alpha value is -2.14. The van der Waals surface area contributed by atoms with Crippen molar-refractivity contribution in [3.05, 3.63) is 58.1 Å². The van der Waals surface area contributed by atoms with Crippen LogP contribution in [0.3, 0.4) is 0 Å². The molecule has 2 aromatic rings. The molecule has 0 atom stereocenters. The van der Waals surface area contributed by atoms with E-state index in [1.54, 1.807) is 30.6 Å². The van der Waals surface area contributed by atoms with Crippen LogP contribution in [-0.2, 0) is 11.8 Å². The lowest BCUT2D eigenvalue weighted by molar-refractivity contribution is 0.683. The first-order valence-electron chi connectivity index (χ1n) is 6.39. The Morgan fingerprint density at radius 2 is 1.59 bits per heavy atom. The topological polar surface area (TPSA) is 73.4 Å². The molecular formula is C16H14Cl2N4. The molecule has 0 aliphatic carbocycles. The number of hydrogen-bond acceptors (Lipinski definition) is 4. The van der Waals surface area contributed by atoms with Gasteiger partial charge in [0.05, 0.1) is 24.0 Å². The molecule has 6 heteroatoms. The van der Waals surface area contributed by atoms with Crippen LogP contribution in [0.25, 0.3) is 0 Å². The number of pyridine rings is 2. The minimum absolute atomic E-state index is 0.393. The summed E-state index contributed by atoms with van der Waals surface area (Å²) < 4.78 is 0. The fourth-order valence-electron chi connectivity index (χ4n) is 1.41. The van der Waals surface area contributed by atoms with E-state index < -0.39 is 5.41 Å². The van der Waals surface area contributed by atoms with Gasteiger partial charge in [-0.05, 0) is 37.1 Å². The van der Waals surface area contributed by atoms with E-state index in [2.05, 4.69) is 16.0 Å². The van der Waals surface area contributed by atoms with Gasteiger partial charge in [0.2, 0.25) is 0 Å². The molecule has 0 unspecified atom stereocenters. The molecular weight excluding hydrogens is 319 g/mol.